The summed E-state index contributed by atoms with van der Waals surface area (Å²) in [6, 6.07) is 0. The number of hydrogen-bond donors (Lipinski definition) is 1. The van der Waals surface area contributed by atoms with Gasteiger partial charge in [-0.05, 0) is 6.92 Å². The highest BCUT2D eigenvalue weighted by Gasteiger charge is 2.07. The highest BCUT2D eigenvalue weighted by molar-refractivity contribution is 4.59. The third-order valence-corrected chi connectivity index (χ3v) is 1.35. The molecule has 0 aromatic carbocycles. The fraction of sp³-hybridized carbons (Fsp3) is 0.833. The van der Waals surface area contributed by atoms with Crippen molar-refractivity contribution in [3.05, 3.63) is 6.92 Å². The maximum absolute atomic E-state index is 5.16. The Labute approximate surface area is 55.9 Å². The van der Waals surface area contributed by atoms with Gasteiger partial charge in [0, 0.05) is 26.2 Å². The number of nitrogens with zero attached hydrogens (tertiary/aromatic N) is 1. The van der Waals surface area contributed by atoms with Crippen molar-refractivity contribution in [3.63, 3.8) is 0 Å². The molecule has 0 aromatic rings. The maximum Gasteiger partial charge on any atom is 0.0686 e. The normalized spacial score (nSPS) is 22.3. The molecule has 1 N–H and O–H groups in total. The van der Waals surface area contributed by atoms with Crippen LogP contribution in [0.5, 0.6) is 0 Å². The van der Waals surface area contributed by atoms with E-state index in [0.717, 1.165) is 26.2 Å². The number of hydrogen-bond acceptors (Lipinski definition) is 3. The summed E-state index contributed by atoms with van der Waals surface area (Å²) in [5.41, 5.74) is 0. The van der Waals surface area contributed by atoms with Crippen molar-refractivity contribution in [2.24, 2.45) is 0 Å². The van der Waals surface area contributed by atoms with Crippen LogP contribution in [0.3, 0.4) is 0 Å². The molecule has 3 nitrogen and oxygen atoms in total. The predicted octanol–water partition coefficient (Wildman–Crippen LogP) is -0.343. The van der Waals surface area contributed by atoms with Gasteiger partial charge >= 0.3 is 0 Å². The van der Waals surface area contributed by atoms with E-state index in [9.17, 15) is 0 Å². The zero-order valence-corrected chi connectivity index (χ0v) is 5.60. The Balaban J connectivity index is 2.08. The highest BCUT2D eigenvalue weighted by Crippen LogP contribution is 1.91. The van der Waals surface area contributed by atoms with Crippen LogP contribution in [0, 0.1) is 6.92 Å². The summed E-state index contributed by atoms with van der Waals surface area (Å²) in [4.78, 5) is 5.16. The molecule has 53 valence electrons. The third kappa shape index (κ3) is 2.30. The summed E-state index contributed by atoms with van der Waals surface area (Å²) in [5, 5.41) is 5.18. The first-order chi connectivity index (χ1) is 4.43. The molecule has 0 spiro atoms. The van der Waals surface area contributed by atoms with E-state index < -0.39 is 0 Å². The molecule has 0 amide bonds. The molecule has 0 aromatic heterocycles. The van der Waals surface area contributed by atoms with Crippen LogP contribution >= 0.6 is 0 Å². The Bertz CT molecular complexity index is 68.7. The standard InChI is InChI=1S/C6H13N2O/c1-2-9-8-5-3-7-4-6-8/h7H,1-6H2. The molecular weight excluding hydrogens is 116 g/mol. The van der Waals surface area contributed by atoms with Gasteiger partial charge in [-0.3, -0.25) is 4.84 Å². The number of hydroxylamine groups is 2. The van der Waals surface area contributed by atoms with Gasteiger partial charge in [0.25, 0.3) is 0 Å². The molecule has 0 saturated carbocycles. The second kappa shape index (κ2) is 3.82. The lowest BCUT2D eigenvalue weighted by Gasteiger charge is -2.25. The van der Waals surface area contributed by atoms with E-state index in [4.69, 9.17) is 4.84 Å². The molecule has 9 heavy (non-hydrogen) atoms. The van der Waals surface area contributed by atoms with E-state index in [0.29, 0.717) is 6.61 Å². The molecule has 1 aliphatic rings. The SMILES string of the molecule is [CH2]CON1CCNCC1. The Morgan fingerprint density at radius 3 is 2.67 bits per heavy atom. The Hall–Kier alpha value is -0.120. The van der Waals surface area contributed by atoms with Crippen molar-refractivity contribution in [3.8, 4) is 0 Å². The molecule has 3 heteroatoms. The van der Waals surface area contributed by atoms with Gasteiger partial charge in [0.05, 0.1) is 6.61 Å². The lowest BCUT2D eigenvalue weighted by atomic mass is 10.4. The van der Waals surface area contributed by atoms with E-state index in [1.54, 1.807) is 0 Å². The van der Waals surface area contributed by atoms with E-state index in [2.05, 4.69) is 12.2 Å². The van der Waals surface area contributed by atoms with Gasteiger partial charge in [-0.25, -0.2) is 0 Å². The van der Waals surface area contributed by atoms with E-state index in [-0.39, 0.29) is 0 Å². The monoisotopic (exact) mass is 129 g/mol. The smallest absolute Gasteiger partial charge is 0.0686 e. The van der Waals surface area contributed by atoms with Crippen LogP contribution in [0.2, 0.25) is 0 Å². The summed E-state index contributed by atoms with van der Waals surface area (Å²) in [6.45, 7) is 8.16. The molecule has 0 aliphatic carbocycles. The molecule has 0 bridgehead atoms. The van der Waals surface area contributed by atoms with Gasteiger partial charge in [0.1, 0.15) is 0 Å². The van der Waals surface area contributed by atoms with Crippen molar-refractivity contribution in [1.82, 2.24) is 10.4 Å². The first kappa shape index (κ1) is 6.99. The predicted molar refractivity (Wildman–Crippen MR) is 35.8 cm³/mol. The van der Waals surface area contributed by atoms with Crippen LogP contribution in [0.15, 0.2) is 0 Å². The quantitative estimate of drug-likeness (QED) is 0.552. The van der Waals surface area contributed by atoms with Crippen LogP contribution in [0.1, 0.15) is 0 Å². The highest BCUT2D eigenvalue weighted by atomic mass is 16.7. The van der Waals surface area contributed by atoms with Gasteiger partial charge in [-0.2, -0.15) is 5.06 Å². The summed E-state index contributed by atoms with van der Waals surface area (Å²) in [5.74, 6) is 0. The fourth-order valence-electron chi connectivity index (χ4n) is 0.903. The summed E-state index contributed by atoms with van der Waals surface area (Å²) in [6.07, 6.45) is 0. The first-order valence-corrected chi connectivity index (χ1v) is 3.31. The third-order valence-electron chi connectivity index (χ3n) is 1.35. The van der Waals surface area contributed by atoms with Gasteiger partial charge in [0.2, 0.25) is 0 Å². The maximum atomic E-state index is 5.16. The van der Waals surface area contributed by atoms with Gasteiger partial charge in [0.15, 0.2) is 0 Å². The van der Waals surface area contributed by atoms with Crippen LogP contribution in [0.25, 0.3) is 0 Å². The lowest BCUT2D eigenvalue weighted by molar-refractivity contribution is -0.154. The molecule has 1 heterocycles. The van der Waals surface area contributed by atoms with Gasteiger partial charge < -0.3 is 5.32 Å². The first-order valence-electron chi connectivity index (χ1n) is 3.31. The Kier molecular flexibility index (Phi) is 2.97. The van der Waals surface area contributed by atoms with Crippen molar-refractivity contribution in [2.75, 3.05) is 32.8 Å². The largest absolute Gasteiger partial charge is 0.314 e. The molecular formula is C6H13N2O. The van der Waals surface area contributed by atoms with Crippen LogP contribution in [0.4, 0.5) is 0 Å². The zero-order chi connectivity index (χ0) is 6.53. The zero-order valence-electron chi connectivity index (χ0n) is 5.60. The van der Waals surface area contributed by atoms with Crippen LogP contribution in [-0.2, 0) is 4.84 Å². The van der Waals surface area contributed by atoms with Crippen LogP contribution < -0.4 is 5.32 Å². The Morgan fingerprint density at radius 2 is 2.11 bits per heavy atom. The molecule has 1 rings (SSSR count). The fourth-order valence-corrected chi connectivity index (χ4v) is 0.903. The number of piperazine rings is 1. The van der Waals surface area contributed by atoms with Crippen molar-refractivity contribution < 1.29 is 4.84 Å². The summed E-state index contributed by atoms with van der Waals surface area (Å²) < 4.78 is 0. The minimum atomic E-state index is 0.542. The van der Waals surface area contributed by atoms with Gasteiger partial charge in [-0.1, -0.05) is 0 Å². The summed E-state index contributed by atoms with van der Waals surface area (Å²) in [7, 11) is 0. The van der Waals surface area contributed by atoms with E-state index in [1.807, 2.05) is 5.06 Å². The second-order valence-corrected chi connectivity index (χ2v) is 2.01. The van der Waals surface area contributed by atoms with Crippen molar-refractivity contribution >= 4 is 0 Å². The van der Waals surface area contributed by atoms with Crippen molar-refractivity contribution in [2.45, 2.75) is 0 Å². The average molecular weight is 129 g/mol. The summed E-state index contributed by atoms with van der Waals surface area (Å²) >= 11 is 0. The van der Waals surface area contributed by atoms with E-state index >= 15 is 0 Å². The van der Waals surface area contributed by atoms with Gasteiger partial charge in [-0.15, -0.1) is 0 Å². The minimum absolute atomic E-state index is 0.542. The number of rotatable bonds is 2. The van der Waals surface area contributed by atoms with Crippen molar-refractivity contribution in [1.29, 1.82) is 0 Å². The topological polar surface area (TPSA) is 24.5 Å². The molecule has 1 radical (unpaired) electrons. The second-order valence-electron chi connectivity index (χ2n) is 2.01. The van der Waals surface area contributed by atoms with Crippen LogP contribution in [-0.4, -0.2) is 37.8 Å². The average Bonchev–Trinajstić information content (AvgIpc) is 1.91. The lowest BCUT2D eigenvalue weighted by Crippen LogP contribution is -2.43. The van der Waals surface area contributed by atoms with E-state index in [1.165, 1.54) is 0 Å². The number of nitrogens with one attached hydrogen (secondary N) is 1. The molecule has 1 fully saturated rings. The molecule has 0 unspecified atom stereocenters. The minimum Gasteiger partial charge on any atom is -0.314 e. The molecule has 1 saturated heterocycles. The molecule has 1 aliphatic heterocycles. The Morgan fingerprint density at radius 1 is 1.44 bits per heavy atom. The molecule has 0 atom stereocenters.